The summed E-state index contributed by atoms with van der Waals surface area (Å²) in [5.41, 5.74) is 0.861. The Bertz CT molecular complexity index is 366. The summed E-state index contributed by atoms with van der Waals surface area (Å²) in [4.78, 5) is 12.1. The third kappa shape index (κ3) is 2.17. The quantitative estimate of drug-likeness (QED) is 0.799. The van der Waals surface area contributed by atoms with E-state index in [1.54, 1.807) is 0 Å². The Morgan fingerprint density at radius 3 is 2.62 bits per heavy atom. The molecule has 1 aliphatic heterocycles. The molecule has 4 heteroatoms. The van der Waals surface area contributed by atoms with Gasteiger partial charge in [0.25, 0.3) is 0 Å². The van der Waals surface area contributed by atoms with Crippen LogP contribution in [0.15, 0.2) is 30.3 Å². The first kappa shape index (κ1) is 11.0. The fourth-order valence-electron chi connectivity index (χ4n) is 2.14. The molecule has 0 spiro atoms. The van der Waals surface area contributed by atoms with Crippen molar-refractivity contribution in [3.05, 3.63) is 35.9 Å². The van der Waals surface area contributed by atoms with Crippen molar-refractivity contribution in [2.24, 2.45) is 5.92 Å². The van der Waals surface area contributed by atoms with Gasteiger partial charge in [-0.3, -0.25) is 0 Å². The second kappa shape index (κ2) is 4.53. The summed E-state index contributed by atoms with van der Waals surface area (Å²) in [7, 11) is 0. The third-order valence-electron chi connectivity index (χ3n) is 3.08. The van der Waals surface area contributed by atoms with Gasteiger partial charge in [-0.1, -0.05) is 30.3 Å². The third-order valence-corrected chi connectivity index (χ3v) is 3.08. The molecule has 4 nitrogen and oxygen atoms in total. The van der Waals surface area contributed by atoms with Crippen molar-refractivity contribution >= 4 is 6.09 Å². The predicted molar refractivity (Wildman–Crippen MR) is 59.1 cm³/mol. The summed E-state index contributed by atoms with van der Waals surface area (Å²) in [6.07, 6.45) is -0.740. The van der Waals surface area contributed by atoms with Gasteiger partial charge in [-0.15, -0.1) is 0 Å². The van der Waals surface area contributed by atoms with Gasteiger partial charge in [-0.2, -0.15) is 0 Å². The SMILES string of the molecule is O=C(O)N1CC[C@H](C(O)c2ccccc2)C1. The largest absolute Gasteiger partial charge is 0.465 e. The molecule has 1 saturated heterocycles. The molecule has 0 saturated carbocycles. The molecule has 1 aromatic carbocycles. The molecule has 2 N–H and O–H groups in total. The Hall–Kier alpha value is -1.55. The average molecular weight is 221 g/mol. The zero-order valence-corrected chi connectivity index (χ0v) is 8.91. The molecule has 1 unspecified atom stereocenters. The maximum atomic E-state index is 10.8. The summed E-state index contributed by atoms with van der Waals surface area (Å²) in [5, 5.41) is 18.9. The number of hydrogen-bond acceptors (Lipinski definition) is 2. The highest BCUT2D eigenvalue weighted by atomic mass is 16.4. The molecule has 0 radical (unpaired) electrons. The van der Waals surface area contributed by atoms with Crippen LogP contribution in [0.2, 0.25) is 0 Å². The predicted octanol–water partition coefficient (Wildman–Crippen LogP) is 1.72. The van der Waals surface area contributed by atoms with Gasteiger partial charge >= 0.3 is 6.09 Å². The minimum Gasteiger partial charge on any atom is -0.465 e. The fourth-order valence-corrected chi connectivity index (χ4v) is 2.14. The van der Waals surface area contributed by atoms with E-state index in [2.05, 4.69) is 0 Å². The van der Waals surface area contributed by atoms with E-state index in [0.717, 1.165) is 12.0 Å². The normalized spacial score (nSPS) is 22.1. The number of hydrogen-bond donors (Lipinski definition) is 2. The Morgan fingerprint density at radius 1 is 1.38 bits per heavy atom. The van der Waals surface area contributed by atoms with Crippen LogP contribution in [0.25, 0.3) is 0 Å². The first-order valence-electron chi connectivity index (χ1n) is 5.39. The summed E-state index contributed by atoms with van der Waals surface area (Å²) in [6.45, 7) is 0.940. The van der Waals surface area contributed by atoms with Gasteiger partial charge in [-0.25, -0.2) is 4.79 Å². The number of aliphatic hydroxyl groups is 1. The lowest BCUT2D eigenvalue weighted by Gasteiger charge is -2.18. The molecule has 1 aromatic rings. The highest BCUT2D eigenvalue weighted by Crippen LogP contribution is 2.29. The molecule has 2 atom stereocenters. The number of aliphatic hydroxyl groups excluding tert-OH is 1. The van der Waals surface area contributed by atoms with E-state index in [9.17, 15) is 9.90 Å². The van der Waals surface area contributed by atoms with Crippen LogP contribution in [-0.2, 0) is 0 Å². The van der Waals surface area contributed by atoms with Crippen LogP contribution >= 0.6 is 0 Å². The summed E-state index contributed by atoms with van der Waals surface area (Å²) >= 11 is 0. The maximum Gasteiger partial charge on any atom is 0.407 e. The summed E-state index contributed by atoms with van der Waals surface area (Å²) in [6, 6.07) is 9.39. The lowest BCUT2D eigenvalue weighted by atomic mass is 9.95. The number of benzene rings is 1. The minimum absolute atomic E-state index is 0.0125. The zero-order chi connectivity index (χ0) is 11.5. The standard InChI is InChI=1S/C12H15NO3/c14-11(9-4-2-1-3-5-9)10-6-7-13(8-10)12(15)16/h1-5,10-11,14H,6-8H2,(H,15,16)/t10-,11?/m0/s1. The first-order valence-corrected chi connectivity index (χ1v) is 5.39. The van der Waals surface area contributed by atoms with Gasteiger partial charge in [0.15, 0.2) is 0 Å². The van der Waals surface area contributed by atoms with Crippen molar-refractivity contribution in [1.82, 2.24) is 4.90 Å². The van der Waals surface area contributed by atoms with Gasteiger partial charge in [0.2, 0.25) is 0 Å². The van der Waals surface area contributed by atoms with E-state index in [1.807, 2.05) is 30.3 Å². The van der Waals surface area contributed by atoms with Crippen LogP contribution in [0, 0.1) is 5.92 Å². The van der Waals surface area contributed by atoms with Gasteiger partial charge in [0.1, 0.15) is 0 Å². The first-order chi connectivity index (χ1) is 7.68. The number of nitrogens with zero attached hydrogens (tertiary/aromatic N) is 1. The van der Waals surface area contributed by atoms with Crippen LogP contribution in [0.3, 0.4) is 0 Å². The van der Waals surface area contributed by atoms with E-state index in [-0.39, 0.29) is 5.92 Å². The summed E-state index contributed by atoms with van der Waals surface area (Å²) in [5.74, 6) is 0.0125. The van der Waals surface area contributed by atoms with E-state index in [1.165, 1.54) is 4.90 Å². The molecular weight excluding hydrogens is 206 g/mol. The zero-order valence-electron chi connectivity index (χ0n) is 8.91. The Kier molecular flexibility index (Phi) is 3.10. The molecule has 1 heterocycles. The van der Waals surface area contributed by atoms with Crippen LogP contribution in [0.4, 0.5) is 4.79 Å². The molecule has 86 valence electrons. The van der Waals surface area contributed by atoms with Crippen molar-refractivity contribution in [3.8, 4) is 0 Å². The van der Waals surface area contributed by atoms with Crippen LogP contribution < -0.4 is 0 Å². The second-order valence-electron chi connectivity index (χ2n) is 4.13. The number of likely N-dealkylation sites (tertiary alicyclic amines) is 1. The molecule has 0 aromatic heterocycles. The van der Waals surface area contributed by atoms with Crippen molar-refractivity contribution in [2.45, 2.75) is 12.5 Å². The number of rotatable bonds is 2. The minimum atomic E-state index is -0.900. The van der Waals surface area contributed by atoms with Crippen molar-refractivity contribution < 1.29 is 15.0 Å². The monoisotopic (exact) mass is 221 g/mol. The lowest BCUT2D eigenvalue weighted by molar-refractivity contribution is 0.107. The van der Waals surface area contributed by atoms with Crippen LogP contribution in [-0.4, -0.2) is 34.3 Å². The molecule has 0 aliphatic carbocycles. The molecule has 1 fully saturated rings. The molecular formula is C12H15NO3. The van der Waals surface area contributed by atoms with E-state index in [4.69, 9.17) is 5.11 Å². The molecule has 0 bridgehead atoms. The number of amides is 1. The molecule has 1 amide bonds. The number of carboxylic acid groups (broad SMARTS) is 1. The summed E-state index contributed by atoms with van der Waals surface area (Å²) < 4.78 is 0. The van der Waals surface area contributed by atoms with Gasteiger partial charge in [0.05, 0.1) is 6.10 Å². The lowest BCUT2D eigenvalue weighted by Crippen LogP contribution is -2.27. The molecule has 16 heavy (non-hydrogen) atoms. The van der Waals surface area contributed by atoms with E-state index in [0.29, 0.717) is 13.1 Å². The average Bonchev–Trinajstić information content (AvgIpc) is 2.78. The van der Waals surface area contributed by atoms with Crippen molar-refractivity contribution in [1.29, 1.82) is 0 Å². The highest BCUT2D eigenvalue weighted by molar-refractivity contribution is 5.65. The molecule has 1 aliphatic rings. The topological polar surface area (TPSA) is 60.8 Å². The Balaban J connectivity index is 2.02. The fraction of sp³-hybridized carbons (Fsp3) is 0.417. The van der Waals surface area contributed by atoms with Crippen molar-refractivity contribution in [3.63, 3.8) is 0 Å². The van der Waals surface area contributed by atoms with Crippen molar-refractivity contribution in [2.75, 3.05) is 13.1 Å². The van der Waals surface area contributed by atoms with Gasteiger partial charge in [0, 0.05) is 19.0 Å². The van der Waals surface area contributed by atoms with Crippen LogP contribution in [0.5, 0.6) is 0 Å². The smallest absolute Gasteiger partial charge is 0.407 e. The Morgan fingerprint density at radius 2 is 2.06 bits per heavy atom. The number of carbonyl (C=O) groups is 1. The van der Waals surface area contributed by atoms with Gasteiger partial charge in [-0.05, 0) is 12.0 Å². The van der Waals surface area contributed by atoms with E-state index < -0.39 is 12.2 Å². The van der Waals surface area contributed by atoms with E-state index >= 15 is 0 Å². The van der Waals surface area contributed by atoms with Gasteiger partial charge < -0.3 is 15.1 Å². The maximum absolute atomic E-state index is 10.8. The molecule has 2 rings (SSSR count). The highest BCUT2D eigenvalue weighted by Gasteiger charge is 2.31. The second-order valence-corrected chi connectivity index (χ2v) is 4.13. The van der Waals surface area contributed by atoms with Crippen LogP contribution in [0.1, 0.15) is 18.1 Å². The Labute approximate surface area is 94.1 Å².